The fourth-order valence-electron chi connectivity index (χ4n) is 1.81. The molecule has 1 aliphatic heterocycles. The lowest BCUT2D eigenvalue weighted by Crippen LogP contribution is -2.39. The third-order valence-electron chi connectivity index (χ3n) is 2.56. The van der Waals surface area contributed by atoms with Gasteiger partial charge in [-0.3, -0.25) is 0 Å². The Morgan fingerprint density at radius 3 is 3.14 bits per heavy atom. The summed E-state index contributed by atoms with van der Waals surface area (Å²) in [5, 5.41) is 3.49. The number of para-hydroxylation sites is 1. The maximum Gasteiger partial charge on any atom is 0.122 e. The summed E-state index contributed by atoms with van der Waals surface area (Å²) >= 11 is 0. The van der Waals surface area contributed by atoms with Gasteiger partial charge in [-0.1, -0.05) is 25.1 Å². The van der Waals surface area contributed by atoms with Crippen molar-refractivity contribution in [2.24, 2.45) is 0 Å². The highest BCUT2D eigenvalue weighted by Gasteiger charge is 2.17. The average molecular weight is 191 g/mol. The van der Waals surface area contributed by atoms with Crippen LogP contribution in [0.1, 0.15) is 18.9 Å². The van der Waals surface area contributed by atoms with Gasteiger partial charge >= 0.3 is 0 Å². The van der Waals surface area contributed by atoms with Crippen molar-refractivity contribution in [2.75, 3.05) is 13.2 Å². The molecule has 1 aromatic carbocycles. The molecule has 1 aromatic rings. The number of hydrogen-bond acceptors (Lipinski definition) is 2. The number of fused-ring (bicyclic) bond motifs is 1. The minimum absolute atomic E-state index is 0.491. The van der Waals surface area contributed by atoms with E-state index < -0.39 is 0 Å². The zero-order valence-corrected chi connectivity index (χ0v) is 8.62. The van der Waals surface area contributed by atoms with Crippen molar-refractivity contribution in [3.05, 3.63) is 29.8 Å². The zero-order valence-electron chi connectivity index (χ0n) is 8.62. The lowest BCUT2D eigenvalue weighted by Gasteiger charge is -2.25. The van der Waals surface area contributed by atoms with Gasteiger partial charge in [-0.05, 0) is 31.0 Å². The average Bonchev–Trinajstić information content (AvgIpc) is 2.26. The van der Waals surface area contributed by atoms with Crippen molar-refractivity contribution >= 4 is 0 Å². The van der Waals surface area contributed by atoms with Gasteiger partial charge in [0.15, 0.2) is 0 Å². The van der Waals surface area contributed by atoms with Crippen LogP contribution in [0, 0.1) is 0 Å². The SMILES string of the molecule is CCCNC1COc2ccccc2C1. The highest BCUT2D eigenvalue weighted by atomic mass is 16.5. The maximum absolute atomic E-state index is 5.67. The summed E-state index contributed by atoms with van der Waals surface area (Å²) in [5.74, 6) is 1.06. The Bertz CT molecular complexity index is 298. The quantitative estimate of drug-likeness (QED) is 0.789. The topological polar surface area (TPSA) is 21.3 Å². The monoisotopic (exact) mass is 191 g/mol. The highest BCUT2D eigenvalue weighted by Crippen LogP contribution is 2.23. The highest BCUT2D eigenvalue weighted by molar-refractivity contribution is 5.35. The molecule has 0 bridgehead atoms. The molecule has 1 N–H and O–H groups in total. The van der Waals surface area contributed by atoms with E-state index in [1.807, 2.05) is 12.1 Å². The molecule has 0 amide bonds. The Kier molecular flexibility index (Phi) is 3.04. The summed E-state index contributed by atoms with van der Waals surface area (Å²) in [6, 6.07) is 8.79. The van der Waals surface area contributed by atoms with Crippen molar-refractivity contribution in [2.45, 2.75) is 25.8 Å². The summed E-state index contributed by atoms with van der Waals surface area (Å²) in [7, 11) is 0. The van der Waals surface area contributed by atoms with E-state index in [1.54, 1.807) is 0 Å². The molecule has 2 heteroatoms. The number of benzene rings is 1. The standard InChI is InChI=1S/C12H17NO/c1-2-7-13-11-8-10-5-3-4-6-12(10)14-9-11/h3-6,11,13H,2,7-9H2,1H3. The summed E-state index contributed by atoms with van der Waals surface area (Å²) in [6.07, 6.45) is 2.27. The van der Waals surface area contributed by atoms with E-state index in [2.05, 4.69) is 24.4 Å². The second kappa shape index (κ2) is 4.47. The molecule has 0 aromatic heterocycles. The van der Waals surface area contributed by atoms with Gasteiger partial charge in [-0.2, -0.15) is 0 Å². The van der Waals surface area contributed by atoms with Crippen LogP contribution < -0.4 is 10.1 Å². The Labute approximate surface area is 85.3 Å². The van der Waals surface area contributed by atoms with Gasteiger partial charge in [-0.15, -0.1) is 0 Å². The molecule has 1 heterocycles. The Morgan fingerprint density at radius 1 is 1.43 bits per heavy atom. The van der Waals surface area contributed by atoms with E-state index in [0.717, 1.165) is 25.3 Å². The van der Waals surface area contributed by atoms with Crippen LogP contribution in [0.15, 0.2) is 24.3 Å². The van der Waals surface area contributed by atoms with Crippen molar-refractivity contribution in [3.63, 3.8) is 0 Å². The van der Waals surface area contributed by atoms with E-state index in [4.69, 9.17) is 4.74 Å². The first-order valence-corrected chi connectivity index (χ1v) is 5.34. The molecule has 0 saturated heterocycles. The molecule has 0 fully saturated rings. The summed E-state index contributed by atoms with van der Waals surface area (Å²) in [6.45, 7) is 4.07. The second-order valence-corrected chi connectivity index (χ2v) is 3.77. The number of ether oxygens (including phenoxy) is 1. The molecule has 0 radical (unpaired) electrons. The fourth-order valence-corrected chi connectivity index (χ4v) is 1.81. The van der Waals surface area contributed by atoms with Crippen LogP contribution in [0.3, 0.4) is 0 Å². The maximum atomic E-state index is 5.67. The van der Waals surface area contributed by atoms with Crippen molar-refractivity contribution in [1.29, 1.82) is 0 Å². The summed E-state index contributed by atoms with van der Waals surface area (Å²) in [5.41, 5.74) is 1.33. The molecule has 0 saturated carbocycles. The van der Waals surface area contributed by atoms with Crippen LogP contribution in [0.2, 0.25) is 0 Å². The molecular formula is C12H17NO. The normalized spacial score (nSPS) is 19.9. The van der Waals surface area contributed by atoms with Gasteiger partial charge in [-0.25, -0.2) is 0 Å². The first kappa shape index (κ1) is 9.53. The predicted octanol–water partition coefficient (Wildman–Crippen LogP) is 1.99. The lowest BCUT2D eigenvalue weighted by molar-refractivity contribution is 0.239. The lowest BCUT2D eigenvalue weighted by atomic mass is 10.0. The third kappa shape index (κ3) is 2.07. The minimum Gasteiger partial charge on any atom is -0.492 e. The van der Waals surface area contributed by atoms with Gasteiger partial charge in [0.2, 0.25) is 0 Å². The van der Waals surface area contributed by atoms with E-state index in [9.17, 15) is 0 Å². The van der Waals surface area contributed by atoms with Crippen molar-refractivity contribution in [3.8, 4) is 5.75 Å². The minimum atomic E-state index is 0.491. The Balaban J connectivity index is 1.99. The van der Waals surface area contributed by atoms with Crippen LogP contribution in [0.25, 0.3) is 0 Å². The molecule has 2 rings (SSSR count). The molecule has 2 nitrogen and oxygen atoms in total. The van der Waals surface area contributed by atoms with Gasteiger partial charge in [0.1, 0.15) is 12.4 Å². The van der Waals surface area contributed by atoms with Gasteiger partial charge < -0.3 is 10.1 Å². The van der Waals surface area contributed by atoms with Crippen LogP contribution >= 0.6 is 0 Å². The van der Waals surface area contributed by atoms with E-state index >= 15 is 0 Å². The molecule has 0 spiro atoms. The van der Waals surface area contributed by atoms with Crippen LogP contribution in [-0.2, 0) is 6.42 Å². The van der Waals surface area contributed by atoms with Gasteiger partial charge in [0.25, 0.3) is 0 Å². The van der Waals surface area contributed by atoms with E-state index in [-0.39, 0.29) is 0 Å². The molecule has 14 heavy (non-hydrogen) atoms. The third-order valence-corrected chi connectivity index (χ3v) is 2.56. The molecule has 76 valence electrons. The van der Waals surface area contributed by atoms with E-state index in [1.165, 1.54) is 12.0 Å². The summed E-state index contributed by atoms with van der Waals surface area (Å²) in [4.78, 5) is 0. The summed E-state index contributed by atoms with van der Waals surface area (Å²) < 4.78 is 5.67. The van der Waals surface area contributed by atoms with E-state index in [0.29, 0.717) is 6.04 Å². The zero-order chi connectivity index (χ0) is 9.80. The number of rotatable bonds is 3. The van der Waals surface area contributed by atoms with Crippen LogP contribution in [0.4, 0.5) is 0 Å². The predicted molar refractivity (Wildman–Crippen MR) is 57.7 cm³/mol. The van der Waals surface area contributed by atoms with Crippen LogP contribution in [0.5, 0.6) is 5.75 Å². The number of nitrogens with one attached hydrogen (secondary N) is 1. The fraction of sp³-hybridized carbons (Fsp3) is 0.500. The first-order chi connectivity index (χ1) is 6.90. The molecule has 1 aliphatic rings. The van der Waals surface area contributed by atoms with Gasteiger partial charge in [0.05, 0.1) is 0 Å². The van der Waals surface area contributed by atoms with Gasteiger partial charge in [0, 0.05) is 6.04 Å². The Hall–Kier alpha value is -1.02. The van der Waals surface area contributed by atoms with Crippen LogP contribution in [-0.4, -0.2) is 19.2 Å². The smallest absolute Gasteiger partial charge is 0.122 e. The van der Waals surface area contributed by atoms with Crippen molar-refractivity contribution in [1.82, 2.24) is 5.32 Å². The molecule has 0 aliphatic carbocycles. The van der Waals surface area contributed by atoms with Crippen molar-refractivity contribution < 1.29 is 4.74 Å². The Morgan fingerprint density at radius 2 is 2.29 bits per heavy atom. The first-order valence-electron chi connectivity index (χ1n) is 5.34. The second-order valence-electron chi connectivity index (χ2n) is 3.77. The molecule has 1 atom stereocenters. The molecule has 1 unspecified atom stereocenters. The molecular weight excluding hydrogens is 174 g/mol. The largest absolute Gasteiger partial charge is 0.492 e. The number of hydrogen-bond donors (Lipinski definition) is 1.